The number of carbonyl (C=O) groups excluding carboxylic acids is 2. The van der Waals surface area contributed by atoms with Crippen LogP contribution < -0.4 is 0 Å². The molecule has 0 rings (SSSR count). The van der Waals surface area contributed by atoms with E-state index < -0.39 is 26.5 Å². The van der Waals surface area contributed by atoms with Gasteiger partial charge in [0.05, 0.1) is 27.7 Å². The van der Waals surface area contributed by atoms with Crippen molar-refractivity contribution in [3.63, 3.8) is 0 Å². The fourth-order valence-corrected chi connectivity index (χ4v) is 5.91. The molecular weight excluding hydrogens is 641 g/mol. The number of likely N-dealkylation sites (N-methyl/N-ethyl adjacent to an activating group) is 1. The van der Waals surface area contributed by atoms with Crippen LogP contribution >= 0.6 is 7.82 Å². The average Bonchev–Trinajstić information content (AvgIpc) is 3.04. The number of phosphoric ester groups is 1. The average molecular weight is 717 g/mol. The minimum absolute atomic E-state index is 0.0302. The van der Waals surface area contributed by atoms with Crippen molar-refractivity contribution in [1.29, 1.82) is 0 Å². The van der Waals surface area contributed by atoms with Gasteiger partial charge in [-0.1, -0.05) is 134 Å². The molecule has 10 heteroatoms. The van der Waals surface area contributed by atoms with E-state index in [1.165, 1.54) is 64.2 Å². The van der Waals surface area contributed by atoms with E-state index >= 15 is 0 Å². The predicted octanol–water partition coefficient (Wildman–Crippen LogP) is 10.4. The van der Waals surface area contributed by atoms with Crippen LogP contribution in [0.2, 0.25) is 0 Å². The van der Waals surface area contributed by atoms with Gasteiger partial charge < -0.3 is 18.9 Å². The standard InChI is InChI=1S/C39H74NO8P/c1-6-8-10-12-14-16-18-20-22-23-25-27-29-31-38(41)45-35-37(36-47-49(43,44)46-34-33-40(3,4)5)48-39(42)32-30-28-26-24-21-19-17-15-13-11-9-7-2/h9,11,15,17,37H,6-8,10,12-14,16,18-36H2,1-5H3/p+1/b11-9+,17-15-/t37-/m1/s1. The third-order valence-electron chi connectivity index (χ3n) is 8.25. The molecule has 2 atom stereocenters. The van der Waals surface area contributed by atoms with Crippen molar-refractivity contribution in [2.45, 2.75) is 168 Å². The van der Waals surface area contributed by atoms with Gasteiger partial charge in [0, 0.05) is 12.8 Å². The molecule has 0 aliphatic rings. The molecule has 0 aliphatic heterocycles. The summed E-state index contributed by atoms with van der Waals surface area (Å²) in [5.41, 5.74) is 0. The fourth-order valence-electron chi connectivity index (χ4n) is 5.17. The maximum Gasteiger partial charge on any atom is 0.472 e. The monoisotopic (exact) mass is 717 g/mol. The SMILES string of the molecule is CC/C=C/C/C=C\CCCCCCCC(=O)O[C@H](COC(=O)CCCCCCCCCCCCCCC)COP(=O)(O)OCC[N+](C)(C)C. The highest BCUT2D eigenvalue weighted by Crippen LogP contribution is 2.43. The van der Waals surface area contributed by atoms with Crippen LogP contribution in [0.15, 0.2) is 24.3 Å². The van der Waals surface area contributed by atoms with Gasteiger partial charge in [-0.3, -0.25) is 18.6 Å². The van der Waals surface area contributed by atoms with E-state index in [1.54, 1.807) is 0 Å². The summed E-state index contributed by atoms with van der Waals surface area (Å²) < 4.78 is 34.1. The molecule has 0 saturated heterocycles. The first-order chi connectivity index (χ1) is 23.5. The second-order valence-electron chi connectivity index (χ2n) is 14.3. The molecule has 0 aromatic carbocycles. The third kappa shape index (κ3) is 36.1. The lowest BCUT2D eigenvalue weighted by atomic mass is 10.0. The normalized spacial score (nSPS) is 14.0. The zero-order valence-corrected chi connectivity index (χ0v) is 33.1. The van der Waals surface area contributed by atoms with E-state index in [-0.39, 0.29) is 32.0 Å². The van der Waals surface area contributed by atoms with Crippen molar-refractivity contribution in [3.05, 3.63) is 24.3 Å². The zero-order chi connectivity index (χ0) is 36.5. The molecule has 0 bridgehead atoms. The lowest BCUT2D eigenvalue weighted by Gasteiger charge is -2.24. The first-order valence-electron chi connectivity index (χ1n) is 19.6. The quantitative estimate of drug-likeness (QED) is 0.0227. The number of esters is 2. The molecule has 0 saturated carbocycles. The number of hydrogen-bond acceptors (Lipinski definition) is 7. The highest BCUT2D eigenvalue weighted by molar-refractivity contribution is 7.47. The first kappa shape index (κ1) is 47.5. The number of carbonyl (C=O) groups is 2. The van der Waals surface area contributed by atoms with Gasteiger partial charge in [0.15, 0.2) is 6.10 Å². The van der Waals surface area contributed by atoms with Crippen LogP contribution in [-0.2, 0) is 32.7 Å². The van der Waals surface area contributed by atoms with Crippen molar-refractivity contribution in [2.75, 3.05) is 47.5 Å². The Morgan fingerprint density at radius 3 is 1.71 bits per heavy atom. The molecule has 0 heterocycles. The fraction of sp³-hybridized carbons (Fsp3) is 0.846. The van der Waals surface area contributed by atoms with Crippen LogP contribution in [0.1, 0.15) is 162 Å². The van der Waals surface area contributed by atoms with Crippen LogP contribution in [0, 0.1) is 0 Å². The largest absolute Gasteiger partial charge is 0.472 e. The number of rotatable bonds is 35. The maximum atomic E-state index is 12.6. The smallest absolute Gasteiger partial charge is 0.462 e. The van der Waals surface area contributed by atoms with E-state index in [0.717, 1.165) is 64.2 Å². The van der Waals surface area contributed by atoms with Gasteiger partial charge in [-0.25, -0.2) is 4.57 Å². The van der Waals surface area contributed by atoms with E-state index in [2.05, 4.69) is 38.2 Å². The van der Waals surface area contributed by atoms with Gasteiger partial charge in [0.2, 0.25) is 0 Å². The van der Waals surface area contributed by atoms with E-state index in [1.807, 2.05) is 21.1 Å². The number of nitrogens with zero attached hydrogens (tertiary/aromatic N) is 1. The van der Waals surface area contributed by atoms with Crippen LogP contribution in [-0.4, -0.2) is 74.9 Å². The van der Waals surface area contributed by atoms with E-state index in [9.17, 15) is 19.0 Å². The maximum absolute atomic E-state index is 12.6. The molecular formula is C39H75NO8P+. The predicted molar refractivity (Wildman–Crippen MR) is 201 cm³/mol. The van der Waals surface area contributed by atoms with Crippen LogP contribution in [0.5, 0.6) is 0 Å². The van der Waals surface area contributed by atoms with Gasteiger partial charge >= 0.3 is 19.8 Å². The first-order valence-corrected chi connectivity index (χ1v) is 21.1. The Morgan fingerprint density at radius 2 is 1.16 bits per heavy atom. The minimum Gasteiger partial charge on any atom is -0.462 e. The molecule has 1 N–H and O–H groups in total. The van der Waals surface area contributed by atoms with Crippen molar-refractivity contribution in [1.82, 2.24) is 0 Å². The Balaban J connectivity index is 4.43. The number of quaternary nitrogens is 1. The molecule has 1 unspecified atom stereocenters. The number of allylic oxidation sites excluding steroid dienone is 4. The summed E-state index contributed by atoms with van der Waals surface area (Å²) >= 11 is 0. The second kappa shape index (κ2) is 32.4. The summed E-state index contributed by atoms with van der Waals surface area (Å²) in [7, 11) is 1.47. The molecule has 9 nitrogen and oxygen atoms in total. The lowest BCUT2D eigenvalue weighted by Crippen LogP contribution is -2.37. The molecule has 0 fully saturated rings. The molecule has 0 spiro atoms. The summed E-state index contributed by atoms with van der Waals surface area (Å²) in [5, 5.41) is 0. The minimum atomic E-state index is -4.37. The van der Waals surface area contributed by atoms with Gasteiger partial charge in [-0.05, 0) is 38.5 Å². The van der Waals surface area contributed by atoms with Crippen LogP contribution in [0.3, 0.4) is 0 Å². The van der Waals surface area contributed by atoms with E-state index in [4.69, 9.17) is 18.5 Å². The van der Waals surface area contributed by atoms with Crippen molar-refractivity contribution >= 4 is 19.8 Å². The Bertz CT molecular complexity index is 902. The molecule has 0 aliphatic carbocycles. The Morgan fingerprint density at radius 1 is 0.653 bits per heavy atom. The summed E-state index contributed by atoms with van der Waals surface area (Å²) in [6, 6.07) is 0. The zero-order valence-electron chi connectivity index (χ0n) is 32.2. The highest BCUT2D eigenvalue weighted by atomic mass is 31.2. The summed E-state index contributed by atoms with van der Waals surface area (Å²) in [5.74, 6) is -0.814. The van der Waals surface area contributed by atoms with Crippen molar-refractivity contribution in [2.24, 2.45) is 0 Å². The summed E-state index contributed by atoms with van der Waals surface area (Å²) in [4.78, 5) is 35.2. The summed E-state index contributed by atoms with van der Waals surface area (Å²) in [6.07, 6.45) is 32.2. The molecule has 0 amide bonds. The lowest BCUT2D eigenvalue weighted by molar-refractivity contribution is -0.870. The number of phosphoric acid groups is 1. The van der Waals surface area contributed by atoms with Gasteiger partial charge in [-0.2, -0.15) is 0 Å². The molecule has 0 aromatic rings. The van der Waals surface area contributed by atoms with Gasteiger partial charge in [-0.15, -0.1) is 0 Å². The van der Waals surface area contributed by atoms with Crippen molar-refractivity contribution in [3.8, 4) is 0 Å². The number of hydrogen-bond donors (Lipinski definition) is 1. The van der Waals surface area contributed by atoms with Gasteiger partial charge in [0.25, 0.3) is 0 Å². The second-order valence-corrected chi connectivity index (χ2v) is 15.7. The molecule has 0 radical (unpaired) electrons. The Kier molecular flexibility index (Phi) is 31.4. The Labute approximate surface area is 300 Å². The van der Waals surface area contributed by atoms with Crippen LogP contribution in [0.4, 0.5) is 0 Å². The number of unbranched alkanes of at least 4 members (excludes halogenated alkanes) is 17. The molecule has 288 valence electrons. The topological polar surface area (TPSA) is 108 Å². The Hall–Kier alpha value is -1.51. The van der Waals surface area contributed by atoms with Gasteiger partial charge in [0.1, 0.15) is 19.8 Å². The number of ether oxygens (including phenoxy) is 2. The van der Waals surface area contributed by atoms with E-state index in [0.29, 0.717) is 17.4 Å². The van der Waals surface area contributed by atoms with Crippen molar-refractivity contribution < 1.29 is 42.1 Å². The highest BCUT2D eigenvalue weighted by Gasteiger charge is 2.27. The van der Waals surface area contributed by atoms with Crippen LogP contribution in [0.25, 0.3) is 0 Å². The molecule has 0 aromatic heterocycles. The molecule has 49 heavy (non-hydrogen) atoms. The summed E-state index contributed by atoms with van der Waals surface area (Å²) in [6.45, 7) is 4.28. The third-order valence-corrected chi connectivity index (χ3v) is 9.23.